The van der Waals surface area contributed by atoms with E-state index in [1.165, 1.54) is 0 Å². The first-order valence-electron chi connectivity index (χ1n) is 7.70. The lowest BCUT2D eigenvalue weighted by Gasteiger charge is -2.18. The van der Waals surface area contributed by atoms with Gasteiger partial charge in [0.1, 0.15) is 12.4 Å². The number of rotatable bonds is 7. The molecule has 0 radical (unpaired) electrons. The minimum absolute atomic E-state index is 0.124. The largest absolute Gasteiger partial charge is 0.489 e. The van der Waals surface area contributed by atoms with Crippen molar-refractivity contribution in [3.05, 3.63) is 65.2 Å². The zero-order valence-corrected chi connectivity index (χ0v) is 14.4. The molecule has 0 heterocycles. The summed E-state index contributed by atoms with van der Waals surface area (Å²) in [6.07, 6.45) is 0. The van der Waals surface area contributed by atoms with E-state index in [2.05, 4.69) is 16.9 Å². The van der Waals surface area contributed by atoms with Crippen molar-refractivity contribution in [3.63, 3.8) is 0 Å². The standard InChI is InChI=1S/C19H23N3O2/c1-15-9-5-8-12-18(15)23-13-16-10-6-7-11-17(16)19(22(3)4)21-24-14-20-2/h5-12H,2,13-14H2,1,3-4H3. The summed E-state index contributed by atoms with van der Waals surface area (Å²) < 4.78 is 5.98. The van der Waals surface area contributed by atoms with Crippen molar-refractivity contribution >= 4 is 12.6 Å². The minimum Gasteiger partial charge on any atom is -0.489 e. The maximum atomic E-state index is 5.98. The normalized spacial score (nSPS) is 11.0. The Morgan fingerprint density at radius 3 is 2.50 bits per heavy atom. The van der Waals surface area contributed by atoms with E-state index in [0.717, 1.165) is 22.4 Å². The van der Waals surface area contributed by atoms with Crippen molar-refractivity contribution in [2.75, 3.05) is 20.8 Å². The first-order valence-corrected chi connectivity index (χ1v) is 7.70. The van der Waals surface area contributed by atoms with E-state index in [0.29, 0.717) is 12.4 Å². The zero-order chi connectivity index (χ0) is 17.4. The van der Waals surface area contributed by atoms with Gasteiger partial charge in [-0.05, 0) is 25.3 Å². The third-order valence-corrected chi connectivity index (χ3v) is 3.46. The van der Waals surface area contributed by atoms with Crippen LogP contribution in [0.4, 0.5) is 0 Å². The van der Waals surface area contributed by atoms with Gasteiger partial charge in [-0.2, -0.15) is 0 Å². The van der Waals surface area contributed by atoms with Gasteiger partial charge in [0.25, 0.3) is 0 Å². The predicted molar refractivity (Wildman–Crippen MR) is 97.7 cm³/mol. The summed E-state index contributed by atoms with van der Waals surface area (Å²) in [5.74, 6) is 1.59. The summed E-state index contributed by atoms with van der Waals surface area (Å²) in [7, 11) is 3.84. The van der Waals surface area contributed by atoms with Crippen LogP contribution in [0.5, 0.6) is 5.75 Å². The number of hydrogen-bond donors (Lipinski definition) is 0. The number of nitrogens with zero attached hydrogens (tertiary/aromatic N) is 3. The molecule has 126 valence electrons. The highest BCUT2D eigenvalue weighted by molar-refractivity contribution is 5.99. The Morgan fingerprint density at radius 2 is 1.79 bits per heavy atom. The molecule has 2 aromatic rings. The second kappa shape index (κ2) is 8.72. The molecule has 5 heteroatoms. The molecule has 5 nitrogen and oxygen atoms in total. The lowest BCUT2D eigenvalue weighted by molar-refractivity contribution is 0.150. The van der Waals surface area contributed by atoms with E-state index in [-0.39, 0.29) is 6.73 Å². The summed E-state index contributed by atoms with van der Waals surface area (Å²) in [6.45, 7) is 5.99. The topological polar surface area (TPSA) is 46.4 Å². The van der Waals surface area contributed by atoms with Crippen LogP contribution < -0.4 is 4.74 Å². The first-order chi connectivity index (χ1) is 11.6. The number of amidine groups is 1. The Labute approximate surface area is 143 Å². The van der Waals surface area contributed by atoms with Gasteiger partial charge in [-0.1, -0.05) is 47.6 Å². The molecule has 2 rings (SSSR count). The van der Waals surface area contributed by atoms with Crippen LogP contribution in [-0.4, -0.2) is 38.3 Å². The van der Waals surface area contributed by atoms with E-state index in [1.54, 1.807) is 0 Å². The predicted octanol–water partition coefficient (Wildman–Crippen LogP) is 3.47. The SMILES string of the molecule is C=NCON=C(c1ccccc1COc1ccccc1C)N(C)C. The molecule has 24 heavy (non-hydrogen) atoms. The molecule has 0 bridgehead atoms. The molecule has 0 spiro atoms. The van der Waals surface area contributed by atoms with Crippen LogP contribution >= 0.6 is 0 Å². The van der Waals surface area contributed by atoms with Gasteiger partial charge in [0.2, 0.25) is 6.73 Å². The van der Waals surface area contributed by atoms with Crippen LogP contribution in [0, 0.1) is 6.92 Å². The van der Waals surface area contributed by atoms with Crippen LogP contribution in [0.25, 0.3) is 0 Å². The van der Waals surface area contributed by atoms with Gasteiger partial charge in [0.15, 0.2) is 5.84 Å². The van der Waals surface area contributed by atoms with E-state index in [4.69, 9.17) is 9.57 Å². The Hall–Kier alpha value is -2.82. The van der Waals surface area contributed by atoms with Gasteiger partial charge in [-0.25, -0.2) is 0 Å². The molecule has 0 aromatic heterocycles. The van der Waals surface area contributed by atoms with Gasteiger partial charge in [-0.3, -0.25) is 4.99 Å². The highest BCUT2D eigenvalue weighted by atomic mass is 16.6. The highest BCUT2D eigenvalue weighted by Gasteiger charge is 2.13. The second-order valence-electron chi connectivity index (χ2n) is 5.50. The summed E-state index contributed by atoms with van der Waals surface area (Å²) in [6, 6.07) is 16.0. The Morgan fingerprint density at radius 1 is 1.08 bits per heavy atom. The Kier molecular flexibility index (Phi) is 6.37. The van der Waals surface area contributed by atoms with E-state index in [9.17, 15) is 0 Å². The molecule has 0 N–H and O–H groups in total. The summed E-state index contributed by atoms with van der Waals surface area (Å²) in [5.41, 5.74) is 3.10. The molecule has 2 aromatic carbocycles. The van der Waals surface area contributed by atoms with Crippen LogP contribution in [0.2, 0.25) is 0 Å². The third kappa shape index (κ3) is 4.59. The van der Waals surface area contributed by atoms with Crippen molar-refractivity contribution in [2.24, 2.45) is 10.1 Å². The number of aryl methyl sites for hydroxylation is 1. The molecule has 0 aliphatic rings. The number of hydrogen-bond acceptors (Lipinski definition) is 4. The molecule has 0 amide bonds. The van der Waals surface area contributed by atoms with Crippen molar-refractivity contribution in [2.45, 2.75) is 13.5 Å². The average Bonchev–Trinajstić information content (AvgIpc) is 2.58. The molecule has 0 atom stereocenters. The molecule has 0 saturated carbocycles. The lowest BCUT2D eigenvalue weighted by Crippen LogP contribution is -2.25. The molecule has 0 unspecified atom stereocenters. The summed E-state index contributed by atoms with van der Waals surface area (Å²) in [4.78, 5) is 10.7. The molecule has 0 aliphatic carbocycles. The van der Waals surface area contributed by atoms with E-state index >= 15 is 0 Å². The quantitative estimate of drug-likeness (QED) is 0.339. The highest BCUT2D eigenvalue weighted by Crippen LogP contribution is 2.20. The van der Waals surface area contributed by atoms with Crippen LogP contribution in [-0.2, 0) is 11.4 Å². The Balaban J connectivity index is 2.23. The number of ether oxygens (including phenoxy) is 1. The van der Waals surface area contributed by atoms with Crippen LogP contribution in [0.3, 0.4) is 0 Å². The van der Waals surface area contributed by atoms with E-state index < -0.39 is 0 Å². The lowest BCUT2D eigenvalue weighted by atomic mass is 10.1. The zero-order valence-electron chi connectivity index (χ0n) is 14.4. The van der Waals surface area contributed by atoms with Crippen LogP contribution in [0.1, 0.15) is 16.7 Å². The fourth-order valence-electron chi connectivity index (χ4n) is 2.24. The van der Waals surface area contributed by atoms with Crippen molar-refractivity contribution in [3.8, 4) is 5.75 Å². The van der Waals surface area contributed by atoms with Gasteiger partial charge in [-0.15, -0.1) is 0 Å². The van der Waals surface area contributed by atoms with E-state index in [1.807, 2.05) is 74.4 Å². The molecular formula is C19H23N3O2. The number of benzene rings is 2. The monoisotopic (exact) mass is 325 g/mol. The number of oxime groups is 1. The van der Waals surface area contributed by atoms with Gasteiger partial charge in [0.05, 0.1) is 0 Å². The Bertz CT molecular complexity index is 711. The first kappa shape index (κ1) is 17.5. The average molecular weight is 325 g/mol. The maximum Gasteiger partial charge on any atom is 0.206 e. The third-order valence-electron chi connectivity index (χ3n) is 3.46. The van der Waals surface area contributed by atoms with Crippen molar-refractivity contribution in [1.29, 1.82) is 0 Å². The molecular weight excluding hydrogens is 302 g/mol. The fraction of sp³-hybridized carbons (Fsp3) is 0.263. The summed E-state index contributed by atoms with van der Waals surface area (Å²) in [5, 5.41) is 4.17. The van der Waals surface area contributed by atoms with Crippen molar-refractivity contribution in [1.82, 2.24) is 4.90 Å². The molecule has 0 aliphatic heterocycles. The van der Waals surface area contributed by atoms with Crippen molar-refractivity contribution < 1.29 is 9.57 Å². The molecule has 0 fully saturated rings. The fourth-order valence-corrected chi connectivity index (χ4v) is 2.24. The summed E-state index contributed by atoms with van der Waals surface area (Å²) >= 11 is 0. The van der Waals surface area contributed by atoms with Gasteiger partial charge < -0.3 is 14.5 Å². The number of para-hydroxylation sites is 1. The van der Waals surface area contributed by atoms with Gasteiger partial charge >= 0.3 is 0 Å². The second-order valence-corrected chi connectivity index (χ2v) is 5.50. The minimum atomic E-state index is 0.124. The molecule has 0 saturated heterocycles. The number of aliphatic imine (C=N–C) groups is 1. The van der Waals surface area contributed by atoms with Gasteiger partial charge in [0, 0.05) is 25.2 Å². The maximum absolute atomic E-state index is 5.98. The smallest absolute Gasteiger partial charge is 0.206 e. The van der Waals surface area contributed by atoms with Crippen LogP contribution in [0.15, 0.2) is 58.7 Å².